The third-order valence-corrected chi connectivity index (χ3v) is 7.76. The Balaban J connectivity index is 1.39. The molecule has 1 fully saturated rings. The SMILES string of the molecule is CC(C)NC[C@@H](C(=O)N1CCN(c2c(-c3cccc(CN(C)C)c3)cnc3[nH]ccc23)CC1)c1ccc(Cl)cc1. The van der Waals surface area contributed by atoms with E-state index in [9.17, 15) is 4.79 Å². The minimum atomic E-state index is -0.251. The number of nitrogens with zero attached hydrogens (tertiary/aromatic N) is 4. The lowest BCUT2D eigenvalue weighted by molar-refractivity contribution is -0.133. The van der Waals surface area contributed by atoms with Crippen LogP contribution < -0.4 is 10.2 Å². The summed E-state index contributed by atoms with van der Waals surface area (Å²) >= 11 is 6.14. The average Bonchev–Trinajstić information content (AvgIpc) is 3.42. The highest BCUT2D eigenvalue weighted by Crippen LogP contribution is 2.37. The van der Waals surface area contributed by atoms with Gasteiger partial charge in [-0.15, -0.1) is 0 Å². The summed E-state index contributed by atoms with van der Waals surface area (Å²) in [5.74, 6) is -0.0910. The van der Waals surface area contributed by atoms with Gasteiger partial charge in [-0.3, -0.25) is 4.79 Å². The molecule has 2 N–H and O–H groups in total. The molecule has 0 spiro atoms. The zero-order valence-corrected chi connectivity index (χ0v) is 24.6. The molecule has 8 heteroatoms. The fourth-order valence-electron chi connectivity index (χ4n) is 5.52. The molecule has 4 aromatic rings. The van der Waals surface area contributed by atoms with E-state index in [0.29, 0.717) is 30.7 Å². The topological polar surface area (TPSA) is 67.5 Å². The van der Waals surface area contributed by atoms with Gasteiger partial charge in [-0.25, -0.2) is 4.98 Å². The second-order valence-corrected chi connectivity index (χ2v) is 11.6. The number of rotatable bonds is 9. The largest absolute Gasteiger partial charge is 0.367 e. The monoisotopic (exact) mass is 558 g/mol. The van der Waals surface area contributed by atoms with Gasteiger partial charge in [-0.05, 0) is 55.1 Å². The zero-order valence-electron chi connectivity index (χ0n) is 23.8. The number of H-pyrrole nitrogens is 1. The van der Waals surface area contributed by atoms with Gasteiger partial charge in [0.1, 0.15) is 5.65 Å². The Morgan fingerprint density at radius 3 is 2.52 bits per heavy atom. The van der Waals surface area contributed by atoms with Crippen LogP contribution in [-0.4, -0.2) is 78.5 Å². The van der Waals surface area contributed by atoms with Gasteiger partial charge in [0.2, 0.25) is 5.91 Å². The van der Waals surface area contributed by atoms with Crippen molar-refractivity contribution in [2.24, 2.45) is 0 Å². The molecular weight excluding hydrogens is 520 g/mol. The lowest BCUT2D eigenvalue weighted by Crippen LogP contribution is -2.51. The number of nitrogens with one attached hydrogen (secondary N) is 2. The average molecular weight is 559 g/mol. The van der Waals surface area contributed by atoms with Crippen molar-refractivity contribution in [3.8, 4) is 11.1 Å². The molecule has 2 aromatic heterocycles. The first kappa shape index (κ1) is 28.1. The van der Waals surface area contributed by atoms with Gasteiger partial charge in [-0.2, -0.15) is 0 Å². The van der Waals surface area contributed by atoms with E-state index in [1.54, 1.807) is 0 Å². The summed E-state index contributed by atoms with van der Waals surface area (Å²) in [4.78, 5) is 28.5. The van der Waals surface area contributed by atoms with Crippen molar-refractivity contribution in [2.45, 2.75) is 32.4 Å². The number of benzene rings is 2. The van der Waals surface area contributed by atoms with E-state index < -0.39 is 0 Å². The first-order valence-corrected chi connectivity index (χ1v) is 14.4. The Bertz CT molecular complexity index is 1440. The number of halogens is 1. The van der Waals surface area contributed by atoms with E-state index in [4.69, 9.17) is 16.6 Å². The number of carbonyl (C=O) groups excluding carboxylic acids is 1. The number of pyridine rings is 1. The molecule has 2 aromatic carbocycles. The van der Waals surface area contributed by atoms with E-state index in [1.165, 1.54) is 11.3 Å². The summed E-state index contributed by atoms with van der Waals surface area (Å²) in [7, 11) is 4.17. The van der Waals surface area contributed by atoms with Gasteiger partial charge in [0, 0.05) is 73.7 Å². The number of aromatic amines is 1. The summed E-state index contributed by atoms with van der Waals surface area (Å²) in [6.07, 6.45) is 3.93. The molecule has 7 nitrogen and oxygen atoms in total. The summed E-state index contributed by atoms with van der Waals surface area (Å²) in [5.41, 5.74) is 6.59. The molecule has 0 saturated carbocycles. The Kier molecular flexibility index (Phi) is 8.74. The van der Waals surface area contributed by atoms with Crippen molar-refractivity contribution >= 4 is 34.2 Å². The summed E-state index contributed by atoms with van der Waals surface area (Å²) in [5, 5.41) is 5.25. The standard InChI is InChI=1S/C32H39ClN6O/c1-22(2)35-20-29(24-8-10-26(33)11-9-24)32(40)39-16-14-38(15-17-39)30-27-12-13-34-31(27)36-19-28(30)25-7-5-6-23(18-25)21-37(3)4/h5-13,18-19,22,29,35H,14-17,20-21H2,1-4H3,(H,34,36)/t29-/m1/s1. The molecule has 1 saturated heterocycles. The predicted octanol–water partition coefficient (Wildman–Crippen LogP) is 5.38. The second-order valence-electron chi connectivity index (χ2n) is 11.2. The molecule has 0 bridgehead atoms. The van der Waals surface area contributed by atoms with Gasteiger partial charge < -0.3 is 25.0 Å². The van der Waals surface area contributed by atoms with Gasteiger partial charge >= 0.3 is 0 Å². The molecule has 0 aliphatic carbocycles. The molecule has 0 radical (unpaired) electrons. The van der Waals surface area contributed by atoms with Gasteiger partial charge in [0.05, 0.1) is 11.6 Å². The van der Waals surface area contributed by atoms with E-state index in [2.05, 4.69) is 78.4 Å². The Morgan fingerprint density at radius 1 is 1.07 bits per heavy atom. The third-order valence-electron chi connectivity index (χ3n) is 7.50. The van der Waals surface area contributed by atoms with Crippen molar-refractivity contribution in [2.75, 3.05) is 51.7 Å². The van der Waals surface area contributed by atoms with Crippen LogP contribution in [0.2, 0.25) is 5.02 Å². The number of amides is 1. The maximum absolute atomic E-state index is 13.8. The highest BCUT2D eigenvalue weighted by molar-refractivity contribution is 6.30. The van der Waals surface area contributed by atoms with E-state index >= 15 is 0 Å². The fourth-order valence-corrected chi connectivity index (χ4v) is 5.64. The molecule has 1 aliphatic heterocycles. The van der Waals surface area contributed by atoms with Crippen molar-refractivity contribution < 1.29 is 4.79 Å². The van der Waals surface area contributed by atoms with Crippen molar-refractivity contribution in [1.82, 2.24) is 25.1 Å². The molecule has 1 atom stereocenters. The van der Waals surface area contributed by atoms with Crippen LogP contribution >= 0.6 is 11.6 Å². The van der Waals surface area contributed by atoms with Crippen molar-refractivity contribution in [3.63, 3.8) is 0 Å². The van der Waals surface area contributed by atoms with Gasteiger partial charge in [0.25, 0.3) is 0 Å². The number of hydrogen-bond acceptors (Lipinski definition) is 5. The summed E-state index contributed by atoms with van der Waals surface area (Å²) < 4.78 is 0. The van der Waals surface area contributed by atoms with Crippen LogP contribution in [0.15, 0.2) is 67.0 Å². The van der Waals surface area contributed by atoms with E-state index in [0.717, 1.165) is 47.4 Å². The van der Waals surface area contributed by atoms with Crippen LogP contribution in [0.25, 0.3) is 22.2 Å². The molecule has 0 unspecified atom stereocenters. The first-order valence-electron chi connectivity index (χ1n) is 14.0. The number of anilines is 1. The molecule has 40 heavy (non-hydrogen) atoms. The highest BCUT2D eigenvalue weighted by Gasteiger charge is 2.30. The molecule has 3 heterocycles. The van der Waals surface area contributed by atoms with Crippen LogP contribution in [0.1, 0.15) is 30.9 Å². The Morgan fingerprint density at radius 2 is 1.82 bits per heavy atom. The lowest BCUT2D eigenvalue weighted by Gasteiger charge is -2.38. The van der Waals surface area contributed by atoms with Gasteiger partial charge in [-0.1, -0.05) is 55.8 Å². The van der Waals surface area contributed by atoms with E-state index in [1.807, 2.05) is 41.6 Å². The summed E-state index contributed by atoms with van der Waals surface area (Å²) in [6, 6.07) is 18.8. The minimum Gasteiger partial charge on any atom is -0.367 e. The minimum absolute atomic E-state index is 0.160. The molecule has 1 amide bonds. The fraction of sp³-hybridized carbons (Fsp3) is 0.375. The van der Waals surface area contributed by atoms with Crippen LogP contribution in [0.5, 0.6) is 0 Å². The van der Waals surface area contributed by atoms with E-state index in [-0.39, 0.29) is 11.8 Å². The third kappa shape index (κ3) is 6.33. The maximum Gasteiger partial charge on any atom is 0.231 e. The Hall–Kier alpha value is -3.39. The first-order chi connectivity index (χ1) is 19.3. The number of fused-ring (bicyclic) bond motifs is 1. The number of piperazine rings is 1. The molecule has 1 aliphatic rings. The zero-order chi connectivity index (χ0) is 28.2. The lowest BCUT2D eigenvalue weighted by atomic mass is 9.96. The van der Waals surface area contributed by atoms with Crippen LogP contribution in [-0.2, 0) is 11.3 Å². The van der Waals surface area contributed by atoms with Crippen molar-refractivity contribution in [1.29, 1.82) is 0 Å². The van der Waals surface area contributed by atoms with Crippen LogP contribution in [0.3, 0.4) is 0 Å². The molecular formula is C32H39ClN6O. The molecule has 210 valence electrons. The predicted molar refractivity (Wildman–Crippen MR) is 165 cm³/mol. The quantitative estimate of drug-likeness (QED) is 0.289. The Labute approximate surface area is 242 Å². The second kappa shape index (κ2) is 12.4. The van der Waals surface area contributed by atoms with Crippen molar-refractivity contribution in [3.05, 3.63) is 83.1 Å². The molecule has 5 rings (SSSR count). The maximum atomic E-state index is 13.8. The van der Waals surface area contributed by atoms with Crippen LogP contribution in [0.4, 0.5) is 5.69 Å². The smallest absolute Gasteiger partial charge is 0.231 e. The number of hydrogen-bond donors (Lipinski definition) is 2. The number of carbonyl (C=O) groups is 1. The summed E-state index contributed by atoms with van der Waals surface area (Å²) in [6.45, 7) is 8.53. The van der Waals surface area contributed by atoms with Gasteiger partial charge in [0.15, 0.2) is 0 Å². The normalized spacial score (nSPS) is 14.9. The highest BCUT2D eigenvalue weighted by atomic mass is 35.5. The van der Waals surface area contributed by atoms with Crippen LogP contribution in [0, 0.1) is 0 Å². The number of aromatic nitrogens is 2.